The molecule has 2 nitrogen and oxygen atoms in total. The zero-order valence-electron chi connectivity index (χ0n) is 29.2. The zero-order valence-corrected chi connectivity index (χ0v) is 29.2. The van der Waals surface area contributed by atoms with E-state index in [0.29, 0.717) is 0 Å². The van der Waals surface area contributed by atoms with Crippen molar-refractivity contribution in [3.05, 3.63) is 182 Å². The topological polar surface area (TPSA) is 28.9 Å². The Labute approximate surface area is 310 Å². The van der Waals surface area contributed by atoms with Gasteiger partial charge in [0, 0.05) is 21.5 Å². The Morgan fingerprint density at radius 2 is 0.944 bits per heavy atom. The Hall–Kier alpha value is -7.16. The lowest BCUT2D eigenvalue weighted by molar-refractivity contribution is 0.673. The van der Waals surface area contributed by atoms with E-state index >= 15 is 0 Å². The molecule has 0 fully saturated rings. The number of nitrogens with one attached hydrogen (secondary N) is 1. The van der Waals surface area contributed by atoms with Crippen LogP contribution >= 0.6 is 0 Å². The summed E-state index contributed by atoms with van der Waals surface area (Å²) in [6, 6.07) is 66.3. The van der Waals surface area contributed by atoms with Gasteiger partial charge in [-0.3, -0.25) is 0 Å². The van der Waals surface area contributed by atoms with Crippen LogP contribution in [0.4, 0.5) is 0 Å². The van der Waals surface area contributed by atoms with Gasteiger partial charge in [-0.2, -0.15) is 0 Å². The van der Waals surface area contributed by atoms with E-state index in [4.69, 9.17) is 4.42 Å². The van der Waals surface area contributed by atoms with Crippen molar-refractivity contribution in [1.29, 1.82) is 0 Å². The molecule has 12 rings (SSSR count). The molecule has 2 aromatic heterocycles. The van der Waals surface area contributed by atoms with Crippen molar-refractivity contribution in [3.8, 4) is 33.4 Å². The quantitative estimate of drug-likeness (QED) is 0.184. The van der Waals surface area contributed by atoms with Gasteiger partial charge in [-0.1, -0.05) is 152 Å². The standard InChI is InChI=1S/C52H31NO/c1-3-16-36-31(11-1)13-10-22-38(36)49-41-20-7-5-18-39(41)48(40-19-6-8-21-42(40)49)35-15-9-14-33(29-35)34-24-28-47-45(30-34)43-26-27-46-50(52(43)54-47)44-25-23-32-12-2-4-17-37(32)51(44)53-46/h1-30,53H. The molecule has 250 valence electrons. The first-order chi connectivity index (χ1) is 26.8. The molecule has 0 aliphatic carbocycles. The minimum atomic E-state index is 0.897. The molecule has 0 bridgehead atoms. The highest BCUT2D eigenvalue weighted by Gasteiger charge is 2.19. The summed E-state index contributed by atoms with van der Waals surface area (Å²) in [7, 11) is 0. The Morgan fingerprint density at radius 1 is 0.352 bits per heavy atom. The summed E-state index contributed by atoms with van der Waals surface area (Å²) in [6.45, 7) is 0. The molecule has 0 atom stereocenters. The fourth-order valence-electron chi connectivity index (χ4n) is 9.17. The van der Waals surface area contributed by atoms with Gasteiger partial charge in [-0.25, -0.2) is 0 Å². The normalized spacial score (nSPS) is 12.1. The van der Waals surface area contributed by atoms with Crippen LogP contribution in [0.1, 0.15) is 0 Å². The first kappa shape index (κ1) is 29.4. The molecule has 0 radical (unpaired) electrons. The molecule has 0 aliphatic rings. The summed E-state index contributed by atoms with van der Waals surface area (Å²) >= 11 is 0. The summed E-state index contributed by atoms with van der Waals surface area (Å²) in [6.07, 6.45) is 0. The Morgan fingerprint density at radius 3 is 1.72 bits per heavy atom. The lowest BCUT2D eigenvalue weighted by Gasteiger charge is -2.19. The van der Waals surface area contributed by atoms with Gasteiger partial charge >= 0.3 is 0 Å². The number of hydrogen-bond acceptors (Lipinski definition) is 1. The van der Waals surface area contributed by atoms with Crippen molar-refractivity contribution in [1.82, 2.24) is 4.98 Å². The molecule has 0 saturated carbocycles. The van der Waals surface area contributed by atoms with Crippen LogP contribution in [0, 0.1) is 0 Å². The molecular weight excluding hydrogens is 655 g/mol. The lowest BCUT2D eigenvalue weighted by Crippen LogP contribution is -1.92. The Bertz CT molecular complexity index is 3450. The van der Waals surface area contributed by atoms with E-state index in [0.717, 1.165) is 43.9 Å². The molecule has 0 aliphatic heterocycles. The van der Waals surface area contributed by atoms with Gasteiger partial charge in [0.15, 0.2) is 0 Å². The molecule has 1 N–H and O–H groups in total. The molecule has 10 aromatic carbocycles. The highest BCUT2D eigenvalue weighted by atomic mass is 16.3. The van der Waals surface area contributed by atoms with Crippen molar-refractivity contribution in [2.24, 2.45) is 0 Å². The molecule has 0 unspecified atom stereocenters. The summed E-state index contributed by atoms with van der Waals surface area (Å²) in [5.74, 6) is 0. The van der Waals surface area contributed by atoms with Crippen LogP contribution < -0.4 is 0 Å². The molecule has 0 amide bonds. The van der Waals surface area contributed by atoms with Crippen LogP contribution in [0.2, 0.25) is 0 Å². The molecule has 12 aromatic rings. The predicted molar refractivity (Wildman–Crippen MR) is 229 cm³/mol. The number of hydrogen-bond donors (Lipinski definition) is 1. The molecule has 2 heteroatoms. The smallest absolute Gasteiger partial charge is 0.145 e. The maximum absolute atomic E-state index is 6.68. The maximum Gasteiger partial charge on any atom is 0.145 e. The highest BCUT2D eigenvalue weighted by molar-refractivity contribution is 6.27. The first-order valence-corrected chi connectivity index (χ1v) is 18.6. The molecule has 0 spiro atoms. The number of benzene rings is 10. The van der Waals surface area contributed by atoms with Crippen LogP contribution in [-0.2, 0) is 0 Å². The van der Waals surface area contributed by atoms with Crippen molar-refractivity contribution in [2.45, 2.75) is 0 Å². The summed E-state index contributed by atoms with van der Waals surface area (Å²) in [5, 5.41) is 14.6. The number of rotatable bonds is 3. The zero-order chi connectivity index (χ0) is 35.3. The number of aromatic amines is 1. The number of H-pyrrole nitrogens is 1. The van der Waals surface area contributed by atoms with Crippen molar-refractivity contribution in [2.75, 3.05) is 0 Å². The fraction of sp³-hybridized carbons (Fsp3) is 0. The molecule has 0 saturated heterocycles. The van der Waals surface area contributed by atoms with Crippen LogP contribution in [0.15, 0.2) is 186 Å². The van der Waals surface area contributed by atoms with Crippen LogP contribution in [-0.4, -0.2) is 4.98 Å². The highest BCUT2D eigenvalue weighted by Crippen LogP contribution is 2.46. The van der Waals surface area contributed by atoms with Gasteiger partial charge in [0.25, 0.3) is 0 Å². The van der Waals surface area contributed by atoms with E-state index in [1.54, 1.807) is 0 Å². The monoisotopic (exact) mass is 685 g/mol. The fourth-order valence-corrected chi connectivity index (χ4v) is 9.17. The second-order valence-corrected chi connectivity index (χ2v) is 14.5. The van der Waals surface area contributed by atoms with Gasteiger partial charge < -0.3 is 9.40 Å². The van der Waals surface area contributed by atoms with E-state index in [-0.39, 0.29) is 0 Å². The minimum absolute atomic E-state index is 0.897. The van der Waals surface area contributed by atoms with Gasteiger partial charge in [-0.15, -0.1) is 0 Å². The number of furan rings is 1. The second kappa shape index (κ2) is 11.2. The van der Waals surface area contributed by atoms with Crippen molar-refractivity contribution < 1.29 is 4.42 Å². The minimum Gasteiger partial charge on any atom is -0.455 e. The molecular formula is C52H31NO. The van der Waals surface area contributed by atoms with Crippen molar-refractivity contribution >= 4 is 86.8 Å². The lowest BCUT2D eigenvalue weighted by atomic mass is 9.84. The Kier molecular flexibility index (Phi) is 6.09. The summed E-state index contributed by atoms with van der Waals surface area (Å²) in [4.78, 5) is 3.70. The van der Waals surface area contributed by atoms with E-state index in [2.05, 4.69) is 187 Å². The number of aromatic nitrogens is 1. The summed E-state index contributed by atoms with van der Waals surface area (Å²) in [5.41, 5.74) is 11.4. The third-order valence-corrected chi connectivity index (χ3v) is 11.6. The van der Waals surface area contributed by atoms with E-state index < -0.39 is 0 Å². The average molecular weight is 686 g/mol. The molecule has 2 heterocycles. The SMILES string of the molecule is c1cc(-c2ccc3oc4c(ccc5[nH]c6c7ccccc7ccc6c54)c3c2)cc(-c2c3ccccc3c(-c3cccc4ccccc34)c3ccccc23)c1. The second-order valence-electron chi connectivity index (χ2n) is 14.5. The van der Waals surface area contributed by atoms with Gasteiger partial charge in [0.2, 0.25) is 0 Å². The predicted octanol–water partition coefficient (Wildman–Crippen LogP) is 14.8. The van der Waals surface area contributed by atoms with Crippen LogP contribution in [0.25, 0.3) is 120 Å². The Balaban J connectivity index is 1.05. The van der Waals surface area contributed by atoms with E-state index in [1.165, 1.54) is 76.3 Å². The maximum atomic E-state index is 6.68. The van der Waals surface area contributed by atoms with Crippen LogP contribution in [0.5, 0.6) is 0 Å². The van der Waals surface area contributed by atoms with Gasteiger partial charge in [-0.05, 0) is 101 Å². The average Bonchev–Trinajstić information content (AvgIpc) is 3.81. The van der Waals surface area contributed by atoms with E-state index in [9.17, 15) is 0 Å². The summed E-state index contributed by atoms with van der Waals surface area (Å²) < 4.78 is 6.68. The first-order valence-electron chi connectivity index (χ1n) is 18.6. The third-order valence-electron chi connectivity index (χ3n) is 11.6. The molecule has 54 heavy (non-hydrogen) atoms. The van der Waals surface area contributed by atoms with Gasteiger partial charge in [0.05, 0.1) is 16.4 Å². The van der Waals surface area contributed by atoms with Gasteiger partial charge in [0.1, 0.15) is 11.2 Å². The van der Waals surface area contributed by atoms with Crippen molar-refractivity contribution in [3.63, 3.8) is 0 Å². The largest absolute Gasteiger partial charge is 0.455 e. The van der Waals surface area contributed by atoms with E-state index in [1.807, 2.05) is 0 Å². The van der Waals surface area contributed by atoms with Crippen LogP contribution in [0.3, 0.4) is 0 Å². The number of fused-ring (bicyclic) bond motifs is 12. The third kappa shape index (κ3) is 4.17.